The van der Waals surface area contributed by atoms with Crippen molar-refractivity contribution in [2.24, 2.45) is 0 Å². The van der Waals surface area contributed by atoms with Crippen molar-refractivity contribution < 1.29 is 14.2 Å². The lowest BCUT2D eigenvalue weighted by atomic mass is 10.2. The number of aryl methyl sites for hydroxylation is 1. The second-order valence-electron chi connectivity index (χ2n) is 3.93. The first-order valence-corrected chi connectivity index (χ1v) is 6.23. The van der Waals surface area contributed by atoms with Crippen LogP contribution < -0.4 is 4.74 Å². The van der Waals surface area contributed by atoms with Gasteiger partial charge in [0, 0.05) is 4.47 Å². The molecular weight excluding hydrogens is 299 g/mol. The number of aliphatic hydroxyl groups excluding tert-OH is 1. The smallest absolute Gasteiger partial charge is 0.166 e. The molecule has 0 aliphatic heterocycles. The molecule has 0 aliphatic carbocycles. The zero-order chi connectivity index (χ0) is 13.1. The fraction of sp³-hybridized carbons (Fsp3) is 0.143. The topological polar surface area (TPSA) is 29.5 Å². The number of hydrogen-bond acceptors (Lipinski definition) is 2. The highest BCUT2D eigenvalue weighted by molar-refractivity contribution is 9.10. The van der Waals surface area contributed by atoms with Crippen LogP contribution in [0.2, 0.25) is 0 Å². The summed E-state index contributed by atoms with van der Waals surface area (Å²) in [5.41, 5.74) is 1.43. The fourth-order valence-corrected chi connectivity index (χ4v) is 2.05. The number of benzene rings is 2. The van der Waals surface area contributed by atoms with Crippen LogP contribution in [-0.2, 0) is 6.61 Å². The van der Waals surface area contributed by atoms with E-state index in [-0.39, 0.29) is 12.4 Å². The Kier molecular flexibility index (Phi) is 3.99. The molecule has 2 nitrogen and oxygen atoms in total. The van der Waals surface area contributed by atoms with Gasteiger partial charge in [-0.3, -0.25) is 0 Å². The molecule has 2 aromatic rings. The standard InChI is InChI=1S/C14H12BrFO2/c1-9-6-11(15)3-5-13(9)18-14-4-2-10(8-17)7-12(14)16/h2-7,17H,8H2,1H3. The van der Waals surface area contributed by atoms with E-state index in [9.17, 15) is 4.39 Å². The minimum Gasteiger partial charge on any atom is -0.454 e. The van der Waals surface area contributed by atoms with Gasteiger partial charge in [-0.2, -0.15) is 0 Å². The van der Waals surface area contributed by atoms with Crippen LogP contribution in [0.25, 0.3) is 0 Å². The Bertz CT molecular complexity index is 570. The van der Waals surface area contributed by atoms with Gasteiger partial charge in [0.2, 0.25) is 0 Å². The fourth-order valence-electron chi connectivity index (χ4n) is 1.57. The van der Waals surface area contributed by atoms with E-state index in [2.05, 4.69) is 15.9 Å². The van der Waals surface area contributed by atoms with Crippen molar-refractivity contribution in [3.05, 3.63) is 57.8 Å². The Balaban J connectivity index is 2.28. The Morgan fingerprint density at radius 3 is 2.50 bits per heavy atom. The minimum atomic E-state index is -0.483. The summed E-state index contributed by atoms with van der Waals surface area (Å²) in [5.74, 6) is 0.273. The summed E-state index contributed by atoms with van der Waals surface area (Å²) < 4.78 is 20.2. The van der Waals surface area contributed by atoms with Crippen LogP contribution >= 0.6 is 15.9 Å². The molecule has 0 amide bonds. The van der Waals surface area contributed by atoms with Gasteiger partial charge in [-0.25, -0.2) is 4.39 Å². The number of rotatable bonds is 3. The van der Waals surface area contributed by atoms with Crippen molar-refractivity contribution in [2.75, 3.05) is 0 Å². The van der Waals surface area contributed by atoms with E-state index in [1.165, 1.54) is 12.1 Å². The minimum absolute atomic E-state index is 0.151. The van der Waals surface area contributed by atoms with E-state index < -0.39 is 5.82 Å². The Labute approximate surface area is 113 Å². The summed E-state index contributed by atoms with van der Waals surface area (Å²) >= 11 is 3.36. The first-order valence-electron chi connectivity index (χ1n) is 5.43. The van der Waals surface area contributed by atoms with Gasteiger partial charge >= 0.3 is 0 Å². The highest BCUT2D eigenvalue weighted by Gasteiger charge is 2.07. The summed E-state index contributed by atoms with van der Waals surface area (Å²) in [6.07, 6.45) is 0. The van der Waals surface area contributed by atoms with Crippen LogP contribution in [0.15, 0.2) is 40.9 Å². The highest BCUT2D eigenvalue weighted by Crippen LogP contribution is 2.29. The zero-order valence-corrected chi connectivity index (χ0v) is 11.4. The lowest BCUT2D eigenvalue weighted by Crippen LogP contribution is -1.92. The molecule has 1 N–H and O–H groups in total. The van der Waals surface area contributed by atoms with Gasteiger partial charge < -0.3 is 9.84 Å². The lowest BCUT2D eigenvalue weighted by Gasteiger charge is -2.10. The summed E-state index contributed by atoms with van der Waals surface area (Å²) in [7, 11) is 0. The molecular formula is C14H12BrFO2. The van der Waals surface area contributed by atoms with Crippen LogP contribution in [0, 0.1) is 12.7 Å². The number of hydrogen-bond donors (Lipinski definition) is 1. The predicted octanol–water partition coefficient (Wildman–Crippen LogP) is 4.18. The van der Waals surface area contributed by atoms with Gasteiger partial charge in [0.25, 0.3) is 0 Å². The van der Waals surface area contributed by atoms with Gasteiger partial charge in [0.1, 0.15) is 5.75 Å². The maximum Gasteiger partial charge on any atom is 0.166 e. The Morgan fingerprint density at radius 2 is 1.89 bits per heavy atom. The van der Waals surface area contributed by atoms with Crippen molar-refractivity contribution in [1.29, 1.82) is 0 Å². The first-order chi connectivity index (χ1) is 8.60. The molecule has 0 heterocycles. The molecule has 0 radical (unpaired) electrons. The second-order valence-corrected chi connectivity index (χ2v) is 4.85. The summed E-state index contributed by atoms with van der Waals surface area (Å²) in [6.45, 7) is 1.70. The molecule has 0 unspecified atom stereocenters. The zero-order valence-electron chi connectivity index (χ0n) is 9.78. The molecule has 0 atom stereocenters. The van der Waals surface area contributed by atoms with Crippen LogP contribution in [0.5, 0.6) is 11.5 Å². The molecule has 0 bridgehead atoms. The van der Waals surface area contributed by atoms with Crippen LogP contribution in [-0.4, -0.2) is 5.11 Å². The van der Waals surface area contributed by atoms with Crippen molar-refractivity contribution in [3.8, 4) is 11.5 Å². The molecule has 0 saturated heterocycles. The van der Waals surface area contributed by atoms with E-state index in [0.29, 0.717) is 11.3 Å². The molecule has 0 saturated carbocycles. The van der Waals surface area contributed by atoms with Crippen LogP contribution in [0.4, 0.5) is 4.39 Å². The van der Waals surface area contributed by atoms with Crippen molar-refractivity contribution in [3.63, 3.8) is 0 Å². The van der Waals surface area contributed by atoms with Crippen LogP contribution in [0.3, 0.4) is 0 Å². The number of aliphatic hydroxyl groups is 1. The molecule has 4 heteroatoms. The Hall–Kier alpha value is -1.39. The molecule has 0 spiro atoms. The van der Waals surface area contributed by atoms with Crippen LogP contribution in [0.1, 0.15) is 11.1 Å². The normalized spacial score (nSPS) is 10.4. The van der Waals surface area contributed by atoms with Gasteiger partial charge in [0.15, 0.2) is 11.6 Å². The lowest BCUT2D eigenvalue weighted by molar-refractivity contribution is 0.281. The Morgan fingerprint density at radius 1 is 1.17 bits per heavy atom. The first kappa shape index (κ1) is 13.1. The number of ether oxygens (including phenoxy) is 1. The average molecular weight is 311 g/mol. The maximum absolute atomic E-state index is 13.7. The molecule has 2 aromatic carbocycles. The maximum atomic E-state index is 13.7. The summed E-state index contributed by atoms with van der Waals surface area (Å²) in [5, 5.41) is 8.90. The van der Waals surface area contributed by atoms with Gasteiger partial charge in [0.05, 0.1) is 6.61 Å². The van der Waals surface area contributed by atoms with Crippen molar-refractivity contribution >= 4 is 15.9 Å². The highest BCUT2D eigenvalue weighted by atomic mass is 79.9. The molecule has 94 valence electrons. The molecule has 0 aromatic heterocycles. The molecule has 2 rings (SSSR count). The van der Waals surface area contributed by atoms with E-state index in [1.807, 2.05) is 19.1 Å². The van der Waals surface area contributed by atoms with Gasteiger partial charge in [-0.1, -0.05) is 22.0 Å². The van der Waals surface area contributed by atoms with Crippen molar-refractivity contribution in [1.82, 2.24) is 0 Å². The summed E-state index contributed by atoms with van der Waals surface area (Å²) in [4.78, 5) is 0. The van der Waals surface area contributed by atoms with E-state index in [0.717, 1.165) is 10.0 Å². The van der Waals surface area contributed by atoms with E-state index >= 15 is 0 Å². The SMILES string of the molecule is Cc1cc(Br)ccc1Oc1ccc(CO)cc1F. The van der Waals surface area contributed by atoms with Gasteiger partial charge in [-0.05, 0) is 48.4 Å². The third-order valence-electron chi connectivity index (χ3n) is 2.54. The van der Waals surface area contributed by atoms with Gasteiger partial charge in [-0.15, -0.1) is 0 Å². The van der Waals surface area contributed by atoms with E-state index in [4.69, 9.17) is 9.84 Å². The summed E-state index contributed by atoms with van der Waals surface area (Å²) in [6, 6.07) is 9.93. The predicted molar refractivity (Wildman–Crippen MR) is 71.3 cm³/mol. The van der Waals surface area contributed by atoms with E-state index in [1.54, 1.807) is 12.1 Å². The average Bonchev–Trinajstić information content (AvgIpc) is 2.34. The molecule has 0 fully saturated rings. The third-order valence-corrected chi connectivity index (χ3v) is 3.03. The largest absolute Gasteiger partial charge is 0.454 e. The quantitative estimate of drug-likeness (QED) is 0.921. The third kappa shape index (κ3) is 2.89. The molecule has 18 heavy (non-hydrogen) atoms. The second kappa shape index (κ2) is 5.50. The number of halogens is 2. The van der Waals surface area contributed by atoms with Crippen molar-refractivity contribution in [2.45, 2.75) is 13.5 Å². The molecule has 0 aliphatic rings. The monoisotopic (exact) mass is 310 g/mol.